The van der Waals surface area contributed by atoms with Gasteiger partial charge in [-0.3, -0.25) is 9.48 Å². The second-order valence-corrected chi connectivity index (χ2v) is 9.49. The molecule has 0 radical (unpaired) electrons. The van der Waals surface area contributed by atoms with Crippen LogP contribution in [-0.2, 0) is 19.4 Å². The van der Waals surface area contributed by atoms with Crippen LogP contribution in [0.3, 0.4) is 0 Å². The van der Waals surface area contributed by atoms with Crippen molar-refractivity contribution in [3.05, 3.63) is 113 Å². The molecule has 1 aromatic heterocycles. The van der Waals surface area contributed by atoms with Crippen LogP contribution in [0.5, 0.6) is 0 Å². The number of carboxylic acids is 1. The zero-order valence-electron chi connectivity index (χ0n) is 21.1. The lowest BCUT2D eigenvalue weighted by Crippen LogP contribution is -2.38. The Morgan fingerprint density at radius 3 is 2.47 bits per heavy atom. The lowest BCUT2D eigenvalue weighted by Gasteiger charge is -2.16. The maximum Gasteiger partial charge on any atom is 0.336 e. The van der Waals surface area contributed by atoms with Gasteiger partial charge in [0, 0.05) is 23.1 Å². The SMILES string of the molecule is CCCc1cc(C(=O)N[C@@H](CS)Cc2ccccc2)nn1Cc1ccc(-c2ccccc2C(=O)O)cc1F. The first-order valence-corrected chi connectivity index (χ1v) is 13.2. The van der Waals surface area contributed by atoms with Gasteiger partial charge in [0.25, 0.3) is 5.91 Å². The van der Waals surface area contributed by atoms with Gasteiger partial charge in [-0.15, -0.1) is 0 Å². The molecular formula is C30H30FN3O3S. The molecule has 4 rings (SSSR count). The Hall–Kier alpha value is -3.91. The van der Waals surface area contributed by atoms with E-state index in [1.165, 1.54) is 12.1 Å². The normalized spacial score (nSPS) is 11.8. The second-order valence-electron chi connectivity index (χ2n) is 9.13. The summed E-state index contributed by atoms with van der Waals surface area (Å²) in [7, 11) is 0. The molecule has 0 aliphatic carbocycles. The van der Waals surface area contributed by atoms with Crippen molar-refractivity contribution in [2.45, 2.75) is 38.8 Å². The number of rotatable bonds is 11. The monoisotopic (exact) mass is 531 g/mol. The summed E-state index contributed by atoms with van der Waals surface area (Å²) in [5.41, 5.74) is 3.65. The summed E-state index contributed by atoms with van der Waals surface area (Å²) in [5.74, 6) is -1.35. The van der Waals surface area contributed by atoms with Gasteiger partial charge in [0.2, 0.25) is 0 Å². The van der Waals surface area contributed by atoms with E-state index in [0.29, 0.717) is 35.3 Å². The highest BCUT2D eigenvalue weighted by Gasteiger charge is 2.19. The quantitative estimate of drug-likeness (QED) is 0.218. The first-order valence-electron chi connectivity index (χ1n) is 12.5. The Labute approximate surface area is 226 Å². The Morgan fingerprint density at radius 1 is 1.05 bits per heavy atom. The van der Waals surface area contributed by atoms with E-state index < -0.39 is 11.8 Å². The van der Waals surface area contributed by atoms with Crippen LogP contribution in [0, 0.1) is 5.82 Å². The third-order valence-electron chi connectivity index (χ3n) is 6.32. The van der Waals surface area contributed by atoms with Crippen LogP contribution in [-0.4, -0.2) is 38.6 Å². The molecule has 0 saturated carbocycles. The maximum atomic E-state index is 15.2. The molecule has 1 heterocycles. The zero-order valence-corrected chi connectivity index (χ0v) is 22.0. The molecule has 0 unspecified atom stereocenters. The second kappa shape index (κ2) is 12.6. The fourth-order valence-electron chi connectivity index (χ4n) is 4.41. The van der Waals surface area contributed by atoms with Crippen LogP contribution >= 0.6 is 12.6 Å². The van der Waals surface area contributed by atoms with Gasteiger partial charge in [-0.2, -0.15) is 17.7 Å². The van der Waals surface area contributed by atoms with Crippen LogP contribution < -0.4 is 5.32 Å². The lowest BCUT2D eigenvalue weighted by atomic mass is 9.98. The van der Waals surface area contributed by atoms with E-state index >= 15 is 4.39 Å². The standard InChI is InChI=1S/C30H30FN3O3S/c1-2-8-24-17-28(29(35)32-23(19-38)15-20-9-4-3-5-10-20)33-34(24)18-22-14-13-21(16-27(22)31)25-11-6-7-12-26(25)30(36)37/h3-7,9-14,16-17,23,38H,2,8,15,18-19H2,1H3,(H,32,35)(H,36,37)/t23-/m1/s1. The minimum absolute atomic E-state index is 0.111. The van der Waals surface area contributed by atoms with E-state index in [1.807, 2.05) is 37.3 Å². The Kier molecular flexibility index (Phi) is 8.97. The van der Waals surface area contributed by atoms with Crippen LogP contribution in [0.15, 0.2) is 78.9 Å². The van der Waals surface area contributed by atoms with Crippen molar-refractivity contribution in [1.82, 2.24) is 15.1 Å². The number of benzene rings is 3. The van der Waals surface area contributed by atoms with Gasteiger partial charge >= 0.3 is 5.97 Å². The highest BCUT2D eigenvalue weighted by Crippen LogP contribution is 2.26. The lowest BCUT2D eigenvalue weighted by molar-refractivity contribution is 0.0697. The van der Waals surface area contributed by atoms with E-state index in [4.69, 9.17) is 0 Å². The van der Waals surface area contributed by atoms with E-state index in [9.17, 15) is 14.7 Å². The van der Waals surface area contributed by atoms with Crippen LogP contribution in [0.1, 0.15) is 51.0 Å². The van der Waals surface area contributed by atoms with E-state index in [0.717, 1.165) is 17.7 Å². The van der Waals surface area contributed by atoms with Gasteiger partial charge in [0.15, 0.2) is 0 Å². The number of nitrogens with one attached hydrogen (secondary N) is 1. The Morgan fingerprint density at radius 2 is 1.79 bits per heavy atom. The number of aromatic nitrogens is 2. The molecule has 8 heteroatoms. The van der Waals surface area contributed by atoms with Crippen LogP contribution in [0.4, 0.5) is 4.39 Å². The molecule has 196 valence electrons. The minimum atomic E-state index is -1.07. The molecular weight excluding hydrogens is 501 g/mol. The van der Waals surface area contributed by atoms with Crippen molar-refractivity contribution in [3.63, 3.8) is 0 Å². The number of carbonyl (C=O) groups is 2. The summed E-state index contributed by atoms with van der Waals surface area (Å²) in [6.45, 7) is 2.18. The molecule has 0 bridgehead atoms. The summed E-state index contributed by atoms with van der Waals surface area (Å²) in [6.07, 6.45) is 2.18. The average Bonchev–Trinajstić information content (AvgIpc) is 3.32. The molecule has 4 aromatic rings. The number of aryl methyl sites for hydroxylation is 1. The van der Waals surface area contributed by atoms with Gasteiger partial charge < -0.3 is 10.4 Å². The molecule has 0 aliphatic rings. The summed E-state index contributed by atoms with van der Waals surface area (Å²) < 4.78 is 16.8. The number of aromatic carboxylic acids is 1. The van der Waals surface area contributed by atoms with Crippen molar-refractivity contribution in [3.8, 4) is 11.1 Å². The number of hydrogen-bond donors (Lipinski definition) is 3. The summed E-state index contributed by atoms with van der Waals surface area (Å²) in [5, 5.41) is 17.0. The van der Waals surface area contributed by atoms with Crippen molar-refractivity contribution in [2.24, 2.45) is 0 Å². The number of carbonyl (C=O) groups excluding carboxylic acids is 1. The molecule has 2 N–H and O–H groups in total. The fourth-order valence-corrected chi connectivity index (χ4v) is 4.63. The smallest absolute Gasteiger partial charge is 0.336 e. The molecule has 6 nitrogen and oxygen atoms in total. The minimum Gasteiger partial charge on any atom is -0.478 e. The summed E-state index contributed by atoms with van der Waals surface area (Å²) in [4.78, 5) is 24.6. The van der Waals surface area contributed by atoms with Gasteiger partial charge in [-0.25, -0.2) is 9.18 Å². The molecule has 0 saturated heterocycles. The number of hydrogen-bond acceptors (Lipinski definition) is 4. The molecule has 1 amide bonds. The Balaban J connectivity index is 1.54. The summed E-state index contributed by atoms with van der Waals surface area (Å²) >= 11 is 4.41. The molecule has 0 aliphatic heterocycles. The number of amides is 1. The maximum absolute atomic E-state index is 15.2. The van der Waals surface area contributed by atoms with Crippen molar-refractivity contribution in [1.29, 1.82) is 0 Å². The highest BCUT2D eigenvalue weighted by molar-refractivity contribution is 7.80. The van der Waals surface area contributed by atoms with Crippen molar-refractivity contribution >= 4 is 24.5 Å². The largest absolute Gasteiger partial charge is 0.478 e. The van der Waals surface area contributed by atoms with Crippen LogP contribution in [0.25, 0.3) is 11.1 Å². The third kappa shape index (κ3) is 6.50. The zero-order chi connectivity index (χ0) is 27.1. The third-order valence-corrected chi connectivity index (χ3v) is 6.77. The molecule has 0 fully saturated rings. The van der Waals surface area contributed by atoms with E-state index in [-0.39, 0.29) is 29.8 Å². The molecule has 38 heavy (non-hydrogen) atoms. The topological polar surface area (TPSA) is 84.2 Å². The number of nitrogens with zero attached hydrogens (tertiary/aromatic N) is 2. The molecule has 3 aromatic carbocycles. The van der Waals surface area contributed by atoms with Gasteiger partial charge in [-0.1, -0.05) is 74.0 Å². The molecule has 0 spiro atoms. The number of thiol groups is 1. The van der Waals surface area contributed by atoms with E-state index in [2.05, 4.69) is 23.0 Å². The van der Waals surface area contributed by atoms with Crippen LogP contribution in [0.2, 0.25) is 0 Å². The van der Waals surface area contributed by atoms with Gasteiger partial charge in [0.1, 0.15) is 11.5 Å². The Bertz CT molecular complexity index is 1420. The van der Waals surface area contributed by atoms with Gasteiger partial charge in [0.05, 0.1) is 12.1 Å². The highest BCUT2D eigenvalue weighted by atomic mass is 32.1. The van der Waals surface area contributed by atoms with Crippen molar-refractivity contribution < 1.29 is 19.1 Å². The molecule has 1 atom stereocenters. The average molecular weight is 532 g/mol. The van der Waals surface area contributed by atoms with E-state index in [1.54, 1.807) is 41.1 Å². The number of halogens is 1. The predicted molar refractivity (Wildman–Crippen MR) is 149 cm³/mol. The van der Waals surface area contributed by atoms with Gasteiger partial charge in [-0.05, 0) is 47.7 Å². The predicted octanol–water partition coefficient (Wildman–Crippen LogP) is 5.66. The number of carboxylic acid groups (broad SMARTS) is 1. The van der Waals surface area contributed by atoms with Crippen molar-refractivity contribution in [2.75, 3.05) is 5.75 Å². The first-order chi connectivity index (χ1) is 18.4. The fraction of sp³-hybridized carbons (Fsp3) is 0.233. The first kappa shape index (κ1) is 27.1. The summed E-state index contributed by atoms with van der Waals surface area (Å²) in [6, 6.07) is 22.7.